The van der Waals surface area contributed by atoms with Crippen molar-refractivity contribution in [1.29, 1.82) is 0 Å². The summed E-state index contributed by atoms with van der Waals surface area (Å²) < 4.78 is 40.7. The van der Waals surface area contributed by atoms with Crippen LogP contribution >= 0.6 is 11.8 Å². The van der Waals surface area contributed by atoms with Gasteiger partial charge in [-0.15, -0.1) is 5.10 Å². The van der Waals surface area contributed by atoms with Crippen LogP contribution in [0.2, 0.25) is 0 Å². The number of anilines is 1. The van der Waals surface area contributed by atoms with Crippen LogP contribution in [-0.4, -0.2) is 34.5 Å². The summed E-state index contributed by atoms with van der Waals surface area (Å²) >= 11 is -0.0882. The molecule has 5 nitrogen and oxygen atoms in total. The molecule has 0 saturated carbocycles. The van der Waals surface area contributed by atoms with Crippen LogP contribution in [0.25, 0.3) is 0 Å². The summed E-state index contributed by atoms with van der Waals surface area (Å²) in [5.74, 6) is 0.310. The third kappa shape index (κ3) is 6.70. The van der Waals surface area contributed by atoms with Crippen LogP contribution in [0.1, 0.15) is 19.2 Å². The lowest BCUT2D eigenvalue weighted by molar-refractivity contribution is -0.0327. The summed E-state index contributed by atoms with van der Waals surface area (Å²) in [6, 6.07) is 0.145. The number of halogens is 3. The zero-order chi connectivity index (χ0) is 13.4. The van der Waals surface area contributed by atoms with Crippen LogP contribution in [0.4, 0.5) is 19.2 Å². The normalized spacial score (nSPS) is 11.8. The molecule has 1 rings (SSSR count). The Morgan fingerprint density at radius 3 is 2.72 bits per heavy atom. The summed E-state index contributed by atoms with van der Waals surface area (Å²) in [5, 5.41) is 13.1. The molecule has 1 aromatic heterocycles. The molecule has 0 aliphatic carbocycles. The van der Waals surface area contributed by atoms with E-state index in [2.05, 4.69) is 20.8 Å². The number of nitrogens with one attached hydrogen (secondary N) is 2. The first-order valence-corrected chi connectivity index (χ1v) is 6.47. The summed E-state index contributed by atoms with van der Waals surface area (Å²) in [6.07, 6.45) is 0.994. The topological polar surface area (TPSA) is 63.0 Å². The summed E-state index contributed by atoms with van der Waals surface area (Å²) in [5.41, 5.74) is -4.20. The Morgan fingerprint density at radius 1 is 1.28 bits per heavy atom. The van der Waals surface area contributed by atoms with Gasteiger partial charge in [0.15, 0.2) is 0 Å². The van der Waals surface area contributed by atoms with E-state index in [9.17, 15) is 13.2 Å². The SMILES string of the molecule is CCCNCc1nnc(NCCSC(F)(F)F)o1. The molecular formula is C9H15F3N4OS. The standard InChI is InChI=1S/C9H15F3N4OS/c1-2-3-13-6-7-15-16-8(17-7)14-4-5-18-9(10,11)12/h13H,2-6H2,1H3,(H,14,16). The maximum absolute atomic E-state index is 11.8. The predicted octanol–water partition coefficient (Wildman–Crippen LogP) is 2.23. The van der Waals surface area contributed by atoms with Crippen molar-refractivity contribution in [3.8, 4) is 0 Å². The van der Waals surface area contributed by atoms with Gasteiger partial charge in [0.05, 0.1) is 6.54 Å². The third-order valence-corrected chi connectivity index (χ3v) is 2.55. The van der Waals surface area contributed by atoms with Crippen LogP contribution in [0.5, 0.6) is 0 Å². The molecule has 0 saturated heterocycles. The molecule has 0 aliphatic rings. The van der Waals surface area contributed by atoms with E-state index in [1.165, 1.54) is 0 Å². The monoisotopic (exact) mass is 284 g/mol. The van der Waals surface area contributed by atoms with Gasteiger partial charge in [-0.1, -0.05) is 12.0 Å². The Hall–Kier alpha value is -0.960. The minimum absolute atomic E-state index is 0.0882. The average molecular weight is 284 g/mol. The number of hydrogen-bond donors (Lipinski definition) is 2. The molecule has 0 bridgehead atoms. The molecule has 104 valence electrons. The Bertz CT molecular complexity index is 345. The first-order chi connectivity index (χ1) is 8.51. The molecule has 1 heterocycles. The van der Waals surface area contributed by atoms with Gasteiger partial charge in [-0.3, -0.25) is 0 Å². The van der Waals surface area contributed by atoms with Gasteiger partial charge in [-0.25, -0.2) is 0 Å². The number of hydrogen-bond acceptors (Lipinski definition) is 6. The fourth-order valence-corrected chi connectivity index (χ4v) is 1.53. The fraction of sp³-hybridized carbons (Fsp3) is 0.778. The van der Waals surface area contributed by atoms with Crippen molar-refractivity contribution in [2.24, 2.45) is 0 Å². The molecular weight excluding hydrogens is 269 g/mol. The van der Waals surface area contributed by atoms with E-state index in [4.69, 9.17) is 4.42 Å². The molecule has 9 heteroatoms. The first kappa shape index (κ1) is 15.1. The largest absolute Gasteiger partial charge is 0.441 e. The molecule has 0 aliphatic heterocycles. The second kappa shape index (κ2) is 7.47. The van der Waals surface area contributed by atoms with Crippen LogP contribution in [-0.2, 0) is 6.54 Å². The van der Waals surface area contributed by atoms with Crippen molar-refractivity contribution in [2.45, 2.75) is 25.4 Å². The summed E-state index contributed by atoms with van der Waals surface area (Å²) in [4.78, 5) is 0. The van der Waals surface area contributed by atoms with E-state index in [-0.39, 0.29) is 30.1 Å². The predicted molar refractivity (Wildman–Crippen MR) is 63.3 cm³/mol. The zero-order valence-corrected chi connectivity index (χ0v) is 10.7. The quantitative estimate of drug-likeness (QED) is 0.714. The number of alkyl halides is 3. The van der Waals surface area contributed by atoms with E-state index in [0.29, 0.717) is 12.4 Å². The van der Waals surface area contributed by atoms with Gasteiger partial charge in [0, 0.05) is 12.3 Å². The van der Waals surface area contributed by atoms with Gasteiger partial charge in [0.2, 0.25) is 5.89 Å². The molecule has 0 fully saturated rings. The van der Waals surface area contributed by atoms with E-state index in [0.717, 1.165) is 13.0 Å². The molecule has 18 heavy (non-hydrogen) atoms. The van der Waals surface area contributed by atoms with Crippen molar-refractivity contribution in [3.05, 3.63) is 5.89 Å². The van der Waals surface area contributed by atoms with Gasteiger partial charge >= 0.3 is 11.5 Å². The minimum atomic E-state index is -4.20. The van der Waals surface area contributed by atoms with E-state index in [1.54, 1.807) is 0 Å². The second-order valence-corrected chi connectivity index (χ2v) is 4.56. The molecule has 2 N–H and O–H groups in total. The number of thioether (sulfide) groups is 1. The molecule has 0 unspecified atom stereocenters. The average Bonchev–Trinajstić information content (AvgIpc) is 2.72. The van der Waals surface area contributed by atoms with Gasteiger partial charge in [-0.05, 0) is 24.7 Å². The highest BCUT2D eigenvalue weighted by Gasteiger charge is 2.27. The number of aromatic nitrogens is 2. The molecule has 0 amide bonds. The van der Waals surface area contributed by atoms with E-state index in [1.807, 2.05) is 6.92 Å². The highest BCUT2D eigenvalue weighted by atomic mass is 32.2. The Kier molecular flexibility index (Phi) is 6.27. The lowest BCUT2D eigenvalue weighted by Crippen LogP contribution is -2.13. The zero-order valence-electron chi connectivity index (χ0n) is 9.88. The van der Waals surface area contributed by atoms with E-state index < -0.39 is 5.51 Å². The molecule has 1 aromatic rings. The Balaban J connectivity index is 2.19. The van der Waals surface area contributed by atoms with Gasteiger partial charge in [-0.2, -0.15) is 13.2 Å². The van der Waals surface area contributed by atoms with Crippen LogP contribution in [0.3, 0.4) is 0 Å². The molecule has 0 radical (unpaired) electrons. The minimum Gasteiger partial charge on any atom is -0.407 e. The smallest absolute Gasteiger partial charge is 0.407 e. The third-order valence-electron chi connectivity index (χ3n) is 1.81. The highest BCUT2D eigenvalue weighted by molar-refractivity contribution is 8.00. The highest BCUT2D eigenvalue weighted by Crippen LogP contribution is 2.29. The van der Waals surface area contributed by atoms with Gasteiger partial charge in [0.25, 0.3) is 0 Å². The molecule has 0 spiro atoms. The van der Waals surface area contributed by atoms with E-state index >= 15 is 0 Å². The van der Waals surface area contributed by atoms with Crippen molar-refractivity contribution in [2.75, 3.05) is 24.2 Å². The van der Waals surface area contributed by atoms with Crippen molar-refractivity contribution in [1.82, 2.24) is 15.5 Å². The lowest BCUT2D eigenvalue weighted by atomic mass is 10.5. The van der Waals surface area contributed by atoms with Crippen molar-refractivity contribution < 1.29 is 17.6 Å². The van der Waals surface area contributed by atoms with Crippen LogP contribution in [0.15, 0.2) is 4.42 Å². The fourth-order valence-electron chi connectivity index (χ4n) is 1.09. The van der Waals surface area contributed by atoms with Crippen molar-refractivity contribution in [3.63, 3.8) is 0 Å². The summed E-state index contributed by atoms with van der Waals surface area (Å²) in [6.45, 7) is 3.45. The maximum atomic E-state index is 11.8. The second-order valence-electron chi connectivity index (χ2n) is 3.40. The number of nitrogens with zero attached hydrogens (tertiary/aromatic N) is 2. The summed E-state index contributed by atoms with van der Waals surface area (Å²) in [7, 11) is 0. The van der Waals surface area contributed by atoms with Crippen LogP contribution in [0, 0.1) is 0 Å². The maximum Gasteiger partial charge on any atom is 0.441 e. The first-order valence-electron chi connectivity index (χ1n) is 5.49. The van der Waals surface area contributed by atoms with Crippen molar-refractivity contribution >= 4 is 17.8 Å². The van der Waals surface area contributed by atoms with Gasteiger partial charge in [0.1, 0.15) is 0 Å². The lowest BCUT2D eigenvalue weighted by Gasteiger charge is -2.04. The number of rotatable bonds is 8. The Labute approximate surface area is 107 Å². The molecule has 0 atom stereocenters. The van der Waals surface area contributed by atoms with Gasteiger partial charge < -0.3 is 15.1 Å². The van der Waals surface area contributed by atoms with Crippen LogP contribution < -0.4 is 10.6 Å². The Morgan fingerprint density at radius 2 is 2.06 bits per heavy atom. The molecule has 0 aromatic carbocycles.